The maximum absolute atomic E-state index is 12.4. The number of nitro groups is 1. The number of aromatic amines is 1. The van der Waals surface area contributed by atoms with E-state index in [1.165, 1.54) is 31.1 Å². The van der Waals surface area contributed by atoms with Crippen molar-refractivity contribution in [3.05, 3.63) is 70.8 Å². The van der Waals surface area contributed by atoms with Crippen molar-refractivity contribution >= 4 is 93.8 Å². The molecule has 61 heavy (non-hydrogen) atoms. The molecule has 0 aliphatic heterocycles. The third-order valence-corrected chi connectivity index (χ3v) is 9.61. The lowest BCUT2D eigenvalue weighted by Crippen LogP contribution is -2.45. The number of imidazole rings is 2. The van der Waals surface area contributed by atoms with Gasteiger partial charge in [0.1, 0.15) is 29.0 Å². The van der Waals surface area contributed by atoms with Crippen molar-refractivity contribution in [1.29, 1.82) is 0 Å². The van der Waals surface area contributed by atoms with Crippen LogP contribution in [-0.4, -0.2) is 117 Å². The number of anilines is 3. The first-order valence-electron chi connectivity index (χ1n) is 17.5. The fourth-order valence-corrected chi connectivity index (χ4v) is 5.95. The average molecular weight is 881 g/mol. The number of benzene rings is 1. The van der Waals surface area contributed by atoms with E-state index in [9.17, 15) is 34.4 Å². The molecule has 1 aromatic carbocycles. The smallest absolute Gasteiger partial charge is 0.396 e. The minimum absolute atomic E-state index is 0.0138. The summed E-state index contributed by atoms with van der Waals surface area (Å²) in [6.07, 6.45) is 5.23. The second-order valence-corrected chi connectivity index (χ2v) is 15.4. The second kappa shape index (κ2) is 20.1. The molecule has 1 amide bonds. The number of carbonyl (C=O) groups is 4. The Balaban J connectivity index is 0.000000244. The fourth-order valence-electron chi connectivity index (χ4n) is 4.89. The Morgan fingerprint density at radius 3 is 2.30 bits per heavy atom. The number of H-pyrrole nitrogens is 1. The topological polar surface area (TPSA) is 389 Å². The standard InChI is InChI=1S/C20H22N8O5.C9H7N7O2S.C5H11NO2S/c1-28(9-11-8-23-17-15(24-11)16(21)26-20(22)27-17)12-4-2-10(3-5-12)18(31)25-13(19(32)33)6-7-14(29)30;1-15-4-14-7(16(17)18)9(15)19-8-5-6(11-2-10-5)12-3-13-8;1-5(2,9)3(6)4(7)8/h2-5,8,13H,6-7,9H2,1H3,(H,25,31)(H,29,30)(H,32,33)(H4,21,22,23,26,27);2-4H,1H3,(H,10,11,12,13);3,9H,6H2,1-2H3,(H,7,8)/t13-;;3-/m0.0/s1. The molecule has 322 valence electrons. The lowest BCUT2D eigenvalue weighted by atomic mass is 10.1. The zero-order valence-electron chi connectivity index (χ0n) is 32.7. The predicted molar refractivity (Wildman–Crippen MR) is 223 cm³/mol. The summed E-state index contributed by atoms with van der Waals surface area (Å²) in [4.78, 5) is 92.0. The number of nitrogen functional groups attached to an aromatic ring is 2. The number of carbonyl (C=O) groups excluding carboxylic acids is 1. The van der Waals surface area contributed by atoms with Crippen LogP contribution in [-0.2, 0) is 28.0 Å². The van der Waals surface area contributed by atoms with Crippen molar-refractivity contribution in [1.82, 2.24) is 54.7 Å². The Kier molecular flexibility index (Phi) is 15.3. The molecule has 5 heterocycles. The van der Waals surface area contributed by atoms with Crippen LogP contribution >= 0.6 is 24.4 Å². The maximum Gasteiger partial charge on any atom is 0.396 e. The number of nitrogens with one attached hydrogen (secondary N) is 2. The lowest BCUT2D eigenvalue weighted by Gasteiger charge is -2.21. The number of aryl methyl sites for hydroxylation is 1. The van der Waals surface area contributed by atoms with Crippen LogP contribution in [0, 0.1) is 10.1 Å². The van der Waals surface area contributed by atoms with Crippen molar-refractivity contribution in [2.75, 3.05) is 23.4 Å². The van der Waals surface area contributed by atoms with Crippen molar-refractivity contribution in [2.45, 2.75) is 60.1 Å². The first-order valence-corrected chi connectivity index (χ1v) is 18.7. The molecule has 6 aromatic rings. The quantitative estimate of drug-likeness (QED) is 0.0324. The summed E-state index contributed by atoms with van der Waals surface area (Å²) in [6.45, 7) is 3.69. The maximum atomic E-state index is 12.4. The SMILES string of the molecule is CC(C)(S)[C@@H](N)C(=O)O.CN(Cc1cnc2nc(N)nc(N)c2n1)c1ccc(C(=O)N[C@@H](CCC(=O)O)C(=O)O)cc1.Cn1cnc([N+](=O)[O-])c1Sc1ncnc2nc[nH]c12. The second-order valence-electron chi connectivity index (χ2n) is 13.3. The molecule has 0 bridgehead atoms. The van der Waals surface area contributed by atoms with Gasteiger partial charge in [0.25, 0.3) is 5.91 Å². The summed E-state index contributed by atoms with van der Waals surface area (Å²) in [6, 6.07) is 4.26. The van der Waals surface area contributed by atoms with E-state index >= 15 is 0 Å². The van der Waals surface area contributed by atoms with Crippen molar-refractivity contribution in [3.8, 4) is 0 Å². The Bertz CT molecular complexity index is 2550. The minimum Gasteiger partial charge on any atom is -0.481 e. The van der Waals surface area contributed by atoms with Gasteiger partial charge in [-0.05, 0) is 66.2 Å². The molecule has 25 nitrogen and oxygen atoms in total. The molecule has 5 aromatic heterocycles. The van der Waals surface area contributed by atoms with Gasteiger partial charge in [-0.2, -0.15) is 22.6 Å². The molecular formula is C34H40N16O9S2. The molecule has 0 saturated carbocycles. The number of thiol groups is 1. The van der Waals surface area contributed by atoms with Gasteiger partial charge >= 0.3 is 23.7 Å². The number of aromatic nitrogens is 10. The Labute approximate surface area is 354 Å². The van der Waals surface area contributed by atoms with E-state index in [2.05, 4.69) is 62.8 Å². The molecule has 0 aliphatic rings. The van der Waals surface area contributed by atoms with Gasteiger partial charge in [0.05, 0.1) is 24.8 Å². The molecule has 27 heteroatoms. The number of rotatable bonds is 14. The number of amides is 1. The van der Waals surface area contributed by atoms with Crippen LogP contribution in [0.2, 0.25) is 0 Å². The van der Waals surface area contributed by atoms with Gasteiger partial charge in [-0.15, -0.1) is 0 Å². The molecule has 2 atom stereocenters. The number of nitrogens with zero attached hydrogens (tertiary/aromatic N) is 11. The number of nitrogens with two attached hydrogens (primary N) is 3. The van der Waals surface area contributed by atoms with Gasteiger partial charge < -0.3 is 62.4 Å². The van der Waals surface area contributed by atoms with Crippen molar-refractivity contribution in [3.63, 3.8) is 0 Å². The first-order chi connectivity index (χ1) is 28.7. The van der Waals surface area contributed by atoms with Gasteiger partial charge in [0, 0.05) is 36.5 Å². The normalized spacial score (nSPS) is 12.0. The highest BCUT2D eigenvalue weighted by Gasteiger charge is 2.28. The number of hydrogen-bond acceptors (Lipinski definition) is 20. The average Bonchev–Trinajstić information content (AvgIpc) is 3.83. The largest absolute Gasteiger partial charge is 0.481 e. The number of aliphatic carboxylic acids is 3. The lowest BCUT2D eigenvalue weighted by molar-refractivity contribution is -0.392. The summed E-state index contributed by atoms with van der Waals surface area (Å²) in [5.41, 5.74) is 20.0. The summed E-state index contributed by atoms with van der Waals surface area (Å²) in [5.74, 6) is -4.12. The predicted octanol–water partition coefficient (Wildman–Crippen LogP) is 1.52. The van der Waals surface area contributed by atoms with Gasteiger partial charge in [-0.3, -0.25) is 14.4 Å². The van der Waals surface area contributed by atoms with Crippen LogP contribution in [0.25, 0.3) is 22.3 Å². The van der Waals surface area contributed by atoms with E-state index in [-0.39, 0.29) is 36.0 Å². The summed E-state index contributed by atoms with van der Waals surface area (Å²) < 4.78 is 0.930. The van der Waals surface area contributed by atoms with Crippen LogP contribution in [0.5, 0.6) is 0 Å². The molecule has 0 unspecified atom stereocenters. The summed E-state index contributed by atoms with van der Waals surface area (Å²) in [5, 5.41) is 40.5. The molecular weight excluding hydrogens is 841 g/mol. The van der Waals surface area contributed by atoms with Crippen LogP contribution < -0.4 is 27.4 Å². The molecule has 0 spiro atoms. The number of carboxylic acid groups (broad SMARTS) is 3. The van der Waals surface area contributed by atoms with E-state index in [1.54, 1.807) is 43.8 Å². The highest BCUT2D eigenvalue weighted by molar-refractivity contribution is 7.99. The first kappa shape index (κ1) is 46.4. The number of hydrogen-bond donors (Lipinski definition) is 9. The van der Waals surface area contributed by atoms with E-state index in [4.69, 9.17) is 27.4 Å². The minimum atomic E-state index is -1.30. The molecule has 0 saturated heterocycles. The summed E-state index contributed by atoms with van der Waals surface area (Å²) in [7, 11) is 3.50. The van der Waals surface area contributed by atoms with Crippen LogP contribution in [0.15, 0.2) is 59.5 Å². The van der Waals surface area contributed by atoms with Crippen LogP contribution in [0.4, 0.5) is 23.3 Å². The van der Waals surface area contributed by atoms with Crippen molar-refractivity contribution in [2.24, 2.45) is 12.8 Å². The molecule has 6 rings (SSSR count). The third kappa shape index (κ3) is 12.6. The summed E-state index contributed by atoms with van der Waals surface area (Å²) >= 11 is 5.13. The Morgan fingerprint density at radius 1 is 1.02 bits per heavy atom. The zero-order chi connectivity index (χ0) is 45.2. The van der Waals surface area contributed by atoms with Gasteiger partial charge in [0.15, 0.2) is 27.7 Å². The van der Waals surface area contributed by atoms with E-state index in [0.29, 0.717) is 44.6 Å². The van der Waals surface area contributed by atoms with Gasteiger partial charge in [-0.1, -0.05) is 0 Å². The zero-order valence-corrected chi connectivity index (χ0v) is 34.4. The molecule has 0 radical (unpaired) electrons. The van der Waals surface area contributed by atoms with E-state index < -0.39 is 45.6 Å². The Hall–Kier alpha value is -7.26. The van der Waals surface area contributed by atoms with E-state index in [0.717, 1.165) is 17.4 Å². The monoisotopic (exact) mass is 880 g/mol. The van der Waals surface area contributed by atoms with Crippen LogP contribution in [0.1, 0.15) is 42.7 Å². The highest BCUT2D eigenvalue weighted by atomic mass is 32.2. The molecule has 0 aliphatic carbocycles. The molecule has 11 N–H and O–H groups in total. The van der Waals surface area contributed by atoms with Crippen molar-refractivity contribution < 1.29 is 39.4 Å². The Morgan fingerprint density at radius 2 is 1.70 bits per heavy atom. The highest BCUT2D eigenvalue weighted by Crippen LogP contribution is 2.34. The molecule has 0 fully saturated rings. The number of carboxylic acids is 3. The van der Waals surface area contributed by atoms with Gasteiger partial charge in [0.2, 0.25) is 12.3 Å². The fraction of sp³-hybridized carbons (Fsp3) is 0.294. The number of fused-ring (bicyclic) bond motifs is 2. The van der Waals surface area contributed by atoms with Crippen LogP contribution in [0.3, 0.4) is 0 Å². The third-order valence-electron chi connectivity index (χ3n) is 8.17. The van der Waals surface area contributed by atoms with E-state index in [1.807, 2.05) is 11.9 Å². The van der Waals surface area contributed by atoms with Gasteiger partial charge in [-0.25, -0.2) is 29.7 Å².